The van der Waals surface area contributed by atoms with Gasteiger partial charge < -0.3 is 9.47 Å². The fourth-order valence-corrected chi connectivity index (χ4v) is 11.6. The number of hydrogen-bond acceptors (Lipinski definition) is 3. The SMILES string of the molecule is CC1(C)CC[C@]23CC[C@]4(C)[C@H](CC[C@@H]5[C@@]6(C)CC(=O)OCC(C)(C)[C@@H]6CC[C@]54C)[C@H]2[C@H]1OC3. The minimum absolute atomic E-state index is 0.0488. The second-order valence-corrected chi connectivity index (χ2v) is 15.6. The Morgan fingerprint density at radius 1 is 0.727 bits per heavy atom. The Hall–Kier alpha value is -0.570. The van der Waals surface area contributed by atoms with Gasteiger partial charge in [0.1, 0.15) is 0 Å². The molecule has 0 radical (unpaired) electrons. The molecule has 9 atom stereocenters. The maximum absolute atomic E-state index is 12.9. The Bertz CT molecular complexity index is 861. The van der Waals surface area contributed by atoms with Crippen molar-refractivity contribution in [1.29, 1.82) is 0 Å². The first-order valence-corrected chi connectivity index (χ1v) is 14.1. The van der Waals surface area contributed by atoms with E-state index in [4.69, 9.17) is 9.47 Å². The van der Waals surface area contributed by atoms with Crippen molar-refractivity contribution in [3.05, 3.63) is 0 Å². The Morgan fingerprint density at radius 3 is 2.21 bits per heavy atom. The molecule has 2 aliphatic heterocycles. The lowest BCUT2D eigenvalue weighted by Crippen LogP contribution is -2.66. The summed E-state index contributed by atoms with van der Waals surface area (Å²) in [4.78, 5) is 12.9. The van der Waals surface area contributed by atoms with Crippen molar-refractivity contribution in [1.82, 2.24) is 0 Å². The average Bonchev–Trinajstić information content (AvgIpc) is 3.02. The van der Waals surface area contributed by atoms with E-state index < -0.39 is 0 Å². The zero-order valence-corrected chi connectivity index (χ0v) is 22.4. The van der Waals surface area contributed by atoms with Crippen LogP contribution in [0.15, 0.2) is 0 Å². The minimum Gasteiger partial charge on any atom is -0.465 e. The van der Waals surface area contributed by atoms with E-state index in [2.05, 4.69) is 48.5 Å². The molecule has 0 unspecified atom stereocenters. The summed E-state index contributed by atoms with van der Waals surface area (Å²) < 4.78 is 12.5. The lowest BCUT2D eigenvalue weighted by molar-refractivity contribution is -0.233. The monoisotopic (exact) mass is 456 g/mol. The van der Waals surface area contributed by atoms with E-state index in [-0.39, 0.29) is 16.8 Å². The summed E-state index contributed by atoms with van der Waals surface area (Å²) in [5.41, 5.74) is 1.51. The maximum atomic E-state index is 12.9. The lowest BCUT2D eigenvalue weighted by Gasteiger charge is -2.72. The van der Waals surface area contributed by atoms with Crippen LogP contribution in [0.2, 0.25) is 0 Å². The first-order chi connectivity index (χ1) is 15.3. The Labute approximate surface area is 202 Å². The smallest absolute Gasteiger partial charge is 0.306 e. The Morgan fingerprint density at radius 2 is 1.45 bits per heavy atom. The van der Waals surface area contributed by atoms with Crippen molar-refractivity contribution in [3.63, 3.8) is 0 Å². The lowest BCUT2D eigenvalue weighted by atomic mass is 9.32. The van der Waals surface area contributed by atoms with Gasteiger partial charge in [0.05, 0.1) is 25.7 Å². The molecule has 4 aliphatic carbocycles. The predicted molar refractivity (Wildman–Crippen MR) is 131 cm³/mol. The summed E-state index contributed by atoms with van der Waals surface area (Å²) in [6.45, 7) is 19.1. The van der Waals surface area contributed by atoms with Crippen LogP contribution >= 0.6 is 0 Å². The highest BCUT2D eigenvalue weighted by Crippen LogP contribution is 2.77. The topological polar surface area (TPSA) is 35.5 Å². The molecule has 0 N–H and O–H groups in total. The minimum atomic E-state index is 0.0488. The second kappa shape index (κ2) is 6.60. The molecule has 4 saturated carbocycles. The number of carbonyl (C=O) groups is 1. The van der Waals surface area contributed by atoms with Crippen LogP contribution in [-0.2, 0) is 14.3 Å². The first-order valence-electron chi connectivity index (χ1n) is 14.1. The van der Waals surface area contributed by atoms with Crippen molar-refractivity contribution >= 4 is 5.97 Å². The summed E-state index contributed by atoms with van der Waals surface area (Å²) in [7, 11) is 0. The van der Waals surface area contributed by atoms with Crippen LogP contribution in [-0.4, -0.2) is 25.3 Å². The van der Waals surface area contributed by atoms with Crippen LogP contribution in [0.4, 0.5) is 0 Å². The van der Waals surface area contributed by atoms with E-state index in [1.807, 2.05) is 0 Å². The van der Waals surface area contributed by atoms with Crippen LogP contribution in [0.5, 0.6) is 0 Å². The molecule has 0 amide bonds. The van der Waals surface area contributed by atoms with Gasteiger partial charge in [-0.3, -0.25) is 4.79 Å². The molecule has 2 saturated heterocycles. The summed E-state index contributed by atoms with van der Waals surface area (Å²) in [6.07, 6.45) is 11.6. The molecule has 6 fully saturated rings. The summed E-state index contributed by atoms with van der Waals surface area (Å²) >= 11 is 0. The zero-order valence-electron chi connectivity index (χ0n) is 22.4. The van der Waals surface area contributed by atoms with E-state index in [0.29, 0.717) is 52.6 Å². The van der Waals surface area contributed by atoms with Gasteiger partial charge in [-0.15, -0.1) is 0 Å². The number of cyclic esters (lactones) is 1. The molecular weight excluding hydrogens is 408 g/mol. The molecule has 0 aromatic carbocycles. The number of esters is 1. The van der Waals surface area contributed by atoms with Gasteiger partial charge in [0.2, 0.25) is 0 Å². The van der Waals surface area contributed by atoms with E-state index >= 15 is 0 Å². The molecule has 2 bridgehead atoms. The van der Waals surface area contributed by atoms with Gasteiger partial charge >= 0.3 is 5.97 Å². The highest BCUT2D eigenvalue weighted by Gasteiger charge is 2.72. The fraction of sp³-hybridized carbons (Fsp3) is 0.967. The third-order valence-electron chi connectivity index (χ3n) is 13.5. The fourth-order valence-electron chi connectivity index (χ4n) is 11.6. The predicted octanol–water partition coefficient (Wildman–Crippen LogP) is 7.03. The number of carbonyl (C=O) groups excluding carboxylic acids is 1. The highest BCUT2D eigenvalue weighted by atomic mass is 16.5. The largest absolute Gasteiger partial charge is 0.465 e. The van der Waals surface area contributed by atoms with Crippen molar-refractivity contribution in [3.8, 4) is 0 Å². The first kappa shape index (κ1) is 22.9. The van der Waals surface area contributed by atoms with Crippen LogP contribution in [0, 0.1) is 56.2 Å². The van der Waals surface area contributed by atoms with Gasteiger partial charge in [-0.1, -0.05) is 48.5 Å². The number of ether oxygens (including phenoxy) is 2. The summed E-state index contributed by atoms with van der Waals surface area (Å²) in [5, 5.41) is 0. The van der Waals surface area contributed by atoms with Crippen LogP contribution < -0.4 is 0 Å². The third-order valence-corrected chi connectivity index (χ3v) is 13.5. The van der Waals surface area contributed by atoms with Crippen molar-refractivity contribution < 1.29 is 14.3 Å². The molecule has 186 valence electrons. The normalized spacial score (nSPS) is 56.5. The van der Waals surface area contributed by atoms with Gasteiger partial charge in [0, 0.05) is 5.41 Å². The molecular formula is C30H48O3. The van der Waals surface area contributed by atoms with E-state index in [0.717, 1.165) is 18.4 Å². The standard InChI is InChI=1S/C30H48O3/c1-25(2)12-14-30-15-13-28(6)19(23(30)24(25)33-18-30)8-9-21-27(5)16-22(31)32-17-26(3,4)20(27)10-11-29(21,28)7/h19-21,23-24H,8-18H2,1-7H3/t19-,20+,21-,23+,24-,27+,28-,29-,30-/m1/s1. The summed E-state index contributed by atoms with van der Waals surface area (Å²) in [5.74, 6) is 2.73. The van der Waals surface area contributed by atoms with Crippen molar-refractivity contribution in [2.24, 2.45) is 56.2 Å². The quantitative estimate of drug-likeness (QED) is 0.367. The van der Waals surface area contributed by atoms with Crippen molar-refractivity contribution in [2.75, 3.05) is 13.2 Å². The number of fused-ring (bicyclic) bond motifs is 5. The molecule has 2 heterocycles. The summed E-state index contributed by atoms with van der Waals surface area (Å²) in [6, 6.07) is 0. The van der Waals surface area contributed by atoms with Gasteiger partial charge in [-0.2, -0.15) is 0 Å². The van der Waals surface area contributed by atoms with Gasteiger partial charge in [0.25, 0.3) is 0 Å². The number of hydrogen-bond donors (Lipinski definition) is 0. The zero-order chi connectivity index (χ0) is 23.7. The number of rotatable bonds is 0. The van der Waals surface area contributed by atoms with Crippen molar-refractivity contribution in [2.45, 2.75) is 112 Å². The average molecular weight is 457 g/mol. The van der Waals surface area contributed by atoms with Crippen LogP contribution in [0.1, 0.15) is 106 Å². The third kappa shape index (κ3) is 2.70. The van der Waals surface area contributed by atoms with Crippen LogP contribution in [0.3, 0.4) is 0 Å². The molecule has 33 heavy (non-hydrogen) atoms. The molecule has 0 aromatic heterocycles. The Balaban J connectivity index is 1.41. The highest BCUT2D eigenvalue weighted by molar-refractivity contribution is 5.71. The maximum Gasteiger partial charge on any atom is 0.306 e. The van der Waals surface area contributed by atoms with E-state index in [1.165, 1.54) is 51.4 Å². The molecule has 3 heteroatoms. The van der Waals surface area contributed by atoms with Gasteiger partial charge in [0.15, 0.2) is 0 Å². The molecule has 0 aromatic rings. The Kier molecular flexibility index (Phi) is 4.57. The molecule has 3 nitrogen and oxygen atoms in total. The van der Waals surface area contributed by atoms with E-state index in [1.54, 1.807) is 0 Å². The van der Waals surface area contributed by atoms with E-state index in [9.17, 15) is 4.79 Å². The molecule has 6 aliphatic rings. The molecule has 0 spiro atoms. The van der Waals surface area contributed by atoms with Crippen LogP contribution in [0.25, 0.3) is 0 Å². The van der Waals surface area contributed by atoms with Gasteiger partial charge in [-0.25, -0.2) is 0 Å². The second-order valence-electron chi connectivity index (χ2n) is 15.6. The van der Waals surface area contributed by atoms with Gasteiger partial charge in [-0.05, 0) is 102 Å². The molecule has 6 rings (SSSR count).